The van der Waals surface area contributed by atoms with Gasteiger partial charge >= 0.3 is 0 Å². The van der Waals surface area contributed by atoms with Crippen LogP contribution in [0.3, 0.4) is 0 Å². The Hall–Kier alpha value is -0.200. The molecule has 1 fully saturated rings. The fourth-order valence-corrected chi connectivity index (χ4v) is 1.35. The molecule has 1 heterocycles. The molecular weight excluding hydrogens is 198 g/mol. The van der Waals surface area contributed by atoms with Crippen molar-refractivity contribution in [3.8, 4) is 0 Å². The van der Waals surface area contributed by atoms with E-state index in [9.17, 15) is 0 Å². The van der Waals surface area contributed by atoms with Crippen molar-refractivity contribution in [1.29, 1.82) is 0 Å². The Balaban J connectivity index is 2.14. The molecule has 1 atom stereocenters. The van der Waals surface area contributed by atoms with Crippen LogP contribution in [-0.4, -0.2) is 62.4 Å². The van der Waals surface area contributed by atoms with E-state index in [-0.39, 0.29) is 19.3 Å². The summed E-state index contributed by atoms with van der Waals surface area (Å²) in [5.41, 5.74) is -0.463. The molecule has 0 saturated carbocycles. The van der Waals surface area contributed by atoms with E-state index < -0.39 is 5.41 Å². The van der Waals surface area contributed by atoms with Crippen molar-refractivity contribution in [2.24, 2.45) is 5.41 Å². The lowest BCUT2D eigenvalue weighted by Crippen LogP contribution is -2.43. The van der Waals surface area contributed by atoms with Gasteiger partial charge in [0.15, 0.2) is 0 Å². The average molecular weight is 219 g/mol. The highest BCUT2D eigenvalue weighted by atomic mass is 16.6. The van der Waals surface area contributed by atoms with E-state index in [1.54, 1.807) is 0 Å². The summed E-state index contributed by atoms with van der Waals surface area (Å²) >= 11 is 0. The van der Waals surface area contributed by atoms with E-state index >= 15 is 0 Å². The highest BCUT2D eigenvalue weighted by molar-refractivity contribution is 4.76. The molecule has 90 valence electrons. The number of rotatable bonds is 6. The van der Waals surface area contributed by atoms with Gasteiger partial charge in [0, 0.05) is 18.5 Å². The van der Waals surface area contributed by atoms with E-state index in [0.717, 1.165) is 0 Å². The topological polar surface area (TPSA) is 71.0 Å². The normalized spacial score (nSPS) is 23.0. The first-order chi connectivity index (χ1) is 7.20. The van der Waals surface area contributed by atoms with Gasteiger partial charge in [-0.1, -0.05) is 6.92 Å². The Morgan fingerprint density at radius 1 is 1.33 bits per heavy atom. The molecule has 0 bridgehead atoms. The number of nitrogens with one attached hydrogen (secondary N) is 1. The number of aliphatic hydroxyl groups is 2. The molecular formula is C10H21NO4. The summed E-state index contributed by atoms with van der Waals surface area (Å²) in [5, 5.41) is 21.3. The van der Waals surface area contributed by atoms with Crippen molar-refractivity contribution in [1.82, 2.24) is 5.32 Å². The second-order valence-electron chi connectivity index (χ2n) is 4.33. The van der Waals surface area contributed by atoms with Gasteiger partial charge in [-0.15, -0.1) is 0 Å². The lowest BCUT2D eigenvalue weighted by Gasteiger charge is -2.28. The van der Waals surface area contributed by atoms with E-state index in [1.807, 2.05) is 6.92 Å². The molecule has 1 rings (SSSR count). The van der Waals surface area contributed by atoms with Crippen LogP contribution in [-0.2, 0) is 9.47 Å². The standard InChI is InChI=1S/C10H21NO4/c1-10(7-12,8-13)6-11-4-9-5-14-2-3-15-9/h9,11-13H,2-8H2,1H3. The third kappa shape index (κ3) is 4.44. The van der Waals surface area contributed by atoms with Crippen molar-refractivity contribution >= 4 is 0 Å². The number of ether oxygens (including phenoxy) is 2. The Morgan fingerprint density at radius 2 is 2.07 bits per heavy atom. The summed E-state index contributed by atoms with van der Waals surface area (Å²) < 4.78 is 10.7. The molecule has 1 aliphatic rings. The maximum Gasteiger partial charge on any atom is 0.0933 e. The predicted octanol–water partition coefficient (Wildman–Crippen LogP) is -1.02. The van der Waals surface area contributed by atoms with Crippen LogP contribution in [0, 0.1) is 5.41 Å². The summed E-state index contributed by atoms with van der Waals surface area (Å²) in [6.45, 7) is 4.96. The zero-order chi connectivity index (χ0) is 11.1. The van der Waals surface area contributed by atoms with Crippen LogP contribution in [0.4, 0.5) is 0 Å². The van der Waals surface area contributed by atoms with Crippen molar-refractivity contribution in [2.75, 3.05) is 46.1 Å². The molecule has 0 aliphatic carbocycles. The zero-order valence-corrected chi connectivity index (χ0v) is 9.24. The third-order valence-electron chi connectivity index (χ3n) is 2.57. The van der Waals surface area contributed by atoms with Crippen LogP contribution in [0.15, 0.2) is 0 Å². The molecule has 15 heavy (non-hydrogen) atoms. The minimum Gasteiger partial charge on any atom is -0.396 e. The molecule has 1 aliphatic heterocycles. The summed E-state index contributed by atoms with van der Waals surface area (Å²) in [4.78, 5) is 0. The predicted molar refractivity (Wildman–Crippen MR) is 55.7 cm³/mol. The van der Waals surface area contributed by atoms with Gasteiger partial charge in [0.1, 0.15) is 0 Å². The Kier molecular flexibility index (Phi) is 5.49. The summed E-state index contributed by atoms with van der Waals surface area (Å²) in [7, 11) is 0. The molecule has 5 nitrogen and oxygen atoms in total. The molecule has 0 radical (unpaired) electrons. The Labute approximate surface area is 90.4 Å². The van der Waals surface area contributed by atoms with Gasteiger partial charge in [-0.25, -0.2) is 0 Å². The van der Waals surface area contributed by atoms with Gasteiger partial charge < -0.3 is 25.0 Å². The largest absolute Gasteiger partial charge is 0.396 e. The molecule has 0 aromatic heterocycles. The van der Waals surface area contributed by atoms with E-state index in [1.165, 1.54) is 0 Å². The van der Waals surface area contributed by atoms with Crippen molar-refractivity contribution in [2.45, 2.75) is 13.0 Å². The monoisotopic (exact) mass is 219 g/mol. The maximum absolute atomic E-state index is 9.07. The van der Waals surface area contributed by atoms with Crippen LogP contribution in [0.2, 0.25) is 0 Å². The van der Waals surface area contributed by atoms with Gasteiger partial charge in [0.2, 0.25) is 0 Å². The molecule has 0 aromatic carbocycles. The van der Waals surface area contributed by atoms with Crippen LogP contribution in [0.5, 0.6) is 0 Å². The summed E-state index contributed by atoms with van der Waals surface area (Å²) in [6.07, 6.45) is 0.0837. The van der Waals surface area contributed by atoms with Crippen LogP contribution in [0.1, 0.15) is 6.92 Å². The number of hydrogen-bond donors (Lipinski definition) is 3. The van der Waals surface area contributed by atoms with Crippen molar-refractivity contribution in [3.05, 3.63) is 0 Å². The molecule has 5 heteroatoms. The zero-order valence-electron chi connectivity index (χ0n) is 9.24. The fraction of sp³-hybridized carbons (Fsp3) is 1.00. The minimum atomic E-state index is -0.463. The van der Waals surface area contributed by atoms with Crippen LogP contribution >= 0.6 is 0 Å². The van der Waals surface area contributed by atoms with Crippen molar-refractivity contribution in [3.63, 3.8) is 0 Å². The van der Waals surface area contributed by atoms with Gasteiger partial charge in [-0.2, -0.15) is 0 Å². The third-order valence-corrected chi connectivity index (χ3v) is 2.57. The highest BCUT2D eigenvalue weighted by Gasteiger charge is 2.22. The minimum absolute atomic E-state index is 0.0292. The molecule has 0 aromatic rings. The Morgan fingerprint density at radius 3 is 2.60 bits per heavy atom. The van der Waals surface area contributed by atoms with Gasteiger partial charge in [-0.05, 0) is 0 Å². The van der Waals surface area contributed by atoms with Gasteiger partial charge in [0.05, 0.1) is 39.1 Å². The molecule has 0 spiro atoms. The summed E-state index contributed by atoms with van der Waals surface area (Å²) in [5.74, 6) is 0. The SMILES string of the molecule is CC(CO)(CO)CNCC1COCCO1. The van der Waals surface area contributed by atoms with Gasteiger partial charge in [-0.3, -0.25) is 0 Å². The smallest absolute Gasteiger partial charge is 0.0933 e. The highest BCUT2D eigenvalue weighted by Crippen LogP contribution is 2.12. The first-order valence-electron chi connectivity index (χ1n) is 5.32. The quantitative estimate of drug-likeness (QED) is 0.533. The van der Waals surface area contributed by atoms with E-state index in [4.69, 9.17) is 19.7 Å². The summed E-state index contributed by atoms with van der Waals surface area (Å²) in [6, 6.07) is 0. The lowest BCUT2D eigenvalue weighted by atomic mass is 9.93. The first kappa shape index (κ1) is 12.9. The molecule has 1 unspecified atom stereocenters. The van der Waals surface area contributed by atoms with E-state index in [2.05, 4.69) is 5.32 Å². The van der Waals surface area contributed by atoms with Crippen LogP contribution in [0.25, 0.3) is 0 Å². The number of aliphatic hydroxyl groups excluding tert-OH is 2. The number of hydrogen-bond acceptors (Lipinski definition) is 5. The van der Waals surface area contributed by atoms with E-state index in [0.29, 0.717) is 32.9 Å². The maximum atomic E-state index is 9.07. The van der Waals surface area contributed by atoms with Crippen molar-refractivity contribution < 1.29 is 19.7 Å². The first-order valence-corrected chi connectivity index (χ1v) is 5.32. The second kappa shape index (κ2) is 6.40. The van der Waals surface area contributed by atoms with Gasteiger partial charge in [0.25, 0.3) is 0 Å². The second-order valence-corrected chi connectivity index (χ2v) is 4.33. The fourth-order valence-electron chi connectivity index (χ4n) is 1.35. The Bertz CT molecular complexity index is 167. The average Bonchev–Trinajstić information content (AvgIpc) is 2.30. The lowest BCUT2D eigenvalue weighted by molar-refractivity contribution is -0.0873. The molecule has 0 amide bonds. The molecule has 3 N–H and O–H groups in total. The van der Waals surface area contributed by atoms with Crippen LogP contribution < -0.4 is 5.32 Å². The molecule has 1 saturated heterocycles.